The van der Waals surface area contributed by atoms with Crippen LogP contribution in [0.3, 0.4) is 0 Å². The average Bonchev–Trinajstić information content (AvgIpc) is 3.06. The monoisotopic (exact) mass is 389 g/mol. The zero-order valence-corrected chi connectivity index (χ0v) is 16.7. The van der Waals surface area contributed by atoms with Crippen molar-refractivity contribution in [2.45, 2.75) is 32.1 Å². The lowest BCUT2D eigenvalue weighted by Gasteiger charge is -2.19. The Morgan fingerprint density at radius 3 is 2.96 bits per heavy atom. The van der Waals surface area contributed by atoms with Crippen LogP contribution in [0.5, 0.6) is 0 Å². The van der Waals surface area contributed by atoms with E-state index in [9.17, 15) is 4.55 Å². The van der Waals surface area contributed by atoms with Crippen molar-refractivity contribution in [3.05, 3.63) is 30.0 Å². The van der Waals surface area contributed by atoms with Crippen molar-refractivity contribution >= 4 is 23.6 Å². The highest BCUT2D eigenvalue weighted by Crippen LogP contribution is 2.35. The summed E-state index contributed by atoms with van der Waals surface area (Å²) >= 11 is -1.12. The van der Waals surface area contributed by atoms with Gasteiger partial charge < -0.3 is 14.1 Å². The van der Waals surface area contributed by atoms with Crippen LogP contribution < -0.4 is 4.72 Å². The zero-order valence-electron chi connectivity index (χ0n) is 15.8. The predicted molar refractivity (Wildman–Crippen MR) is 106 cm³/mol. The minimum atomic E-state index is -1.12. The van der Waals surface area contributed by atoms with Crippen LogP contribution >= 0.6 is 0 Å². The highest BCUT2D eigenvalue weighted by Gasteiger charge is 2.41. The Morgan fingerprint density at radius 2 is 2.26 bits per heavy atom. The number of nitrogens with one attached hydrogen (secondary N) is 2. The van der Waals surface area contributed by atoms with E-state index in [4.69, 9.17) is 0 Å². The lowest BCUT2D eigenvalue weighted by atomic mass is 9.93. The molecular weight excluding hydrogens is 362 g/mol. The molecule has 2 aromatic heterocycles. The Balaban J connectivity index is 1.45. The lowest BCUT2D eigenvalue weighted by Crippen LogP contribution is -2.40. The molecule has 0 bridgehead atoms. The normalized spacial score (nSPS) is 24.9. The van der Waals surface area contributed by atoms with Crippen molar-refractivity contribution in [3.63, 3.8) is 0 Å². The molecular formula is C18H27N7OS. The number of hydrogen-bond donors (Lipinski definition) is 2. The molecule has 0 aromatic carbocycles. The molecule has 1 aliphatic carbocycles. The third-order valence-electron chi connectivity index (χ3n) is 5.53. The van der Waals surface area contributed by atoms with Gasteiger partial charge in [-0.1, -0.05) is 13.3 Å². The van der Waals surface area contributed by atoms with Gasteiger partial charge in [-0.25, -0.2) is 4.99 Å². The largest absolute Gasteiger partial charge is 0.579 e. The van der Waals surface area contributed by atoms with E-state index < -0.39 is 11.5 Å². The molecule has 3 heterocycles. The summed E-state index contributed by atoms with van der Waals surface area (Å²) in [6, 6.07) is 3.81. The molecule has 0 amide bonds. The predicted octanol–water partition coefficient (Wildman–Crippen LogP) is 1.90. The second-order valence-corrected chi connectivity index (χ2v) is 8.76. The Labute approximate surface area is 162 Å². The average molecular weight is 390 g/mol. The summed E-state index contributed by atoms with van der Waals surface area (Å²) in [5, 5.41) is 8.75. The number of hydrogen-bond acceptors (Lipinski definition) is 6. The summed E-state index contributed by atoms with van der Waals surface area (Å²) in [5.74, 6) is 3.82. The first-order valence-electron chi connectivity index (χ1n) is 9.62. The van der Waals surface area contributed by atoms with E-state index in [1.165, 1.54) is 12.8 Å². The maximum atomic E-state index is 12.6. The van der Waals surface area contributed by atoms with E-state index in [1.807, 2.05) is 34.2 Å². The first-order valence-corrected chi connectivity index (χ1v) is 10.7. The molecule has 2 aliphatic rings. The van der Waals surface area contributed by atoms with Crippen LogP contribution in [0.25, 0.3) is 0 Å². The van der Waals surface area contributed by atoms with Crippen molar-refractivity contribution in [1.29, 1.82) is 0 Å². The van der Waals surface area contributed by atoms with E-state index in [0.717, 1.165) is 49.4 Å². The number of nitrogens with zero attached hydrogens (tertiary/aromatic N) is 5. The SMILES string of the molecule is CCC1CN([S+]([O-])NCC2CC2)CC1c1nnc(/C=N\c2ccc[nH]2)n1C. The molecule has 8 nitrogen and oxygen atoms in total. The fourth-order valence-electron chi connectivity index (χ4n) is 3.59. The van der Waals surface area contributed by atoms with Crippen LogP contribution in [0.4, 0.5) is 5.82 Å². The quantitative estimate of drug-likeness (QED) is 0.531. The second-order valence-electron chi connectivity index (χ2n) is 7.45. The summed E-state index contributed by atoms with van der Waals surface area (Å²) in [5.41, 5.74) is 0. The molecule has 3 unspecified atom stereocenters. The summed E-state index contributed by atoms with van der Waals surface area (Å²) in [4.78, 5) is 7.44. The second kappa shape index (κ2) is 8.14. The van der Waals surface area contributed by atoms with E-state index in [-0.39, 0.29) is 5.92 Å². The van der Waals surface area contributed by atoms with Crippen molar-refractivity contribution in [2.24, 2.45) is 23.9 Å². The van der Waals surface area contributed by atoms with E-state index >= 15 is 0 Å². The topological polar surface area (TPSA) is 97.2 Å². The molecule has 2 N–H and O–H groups in total. The molecule has 146 valence electrons. The van der Waals surface area contributed by atoms with Gasteiger partial charge in [0.05, 0.1) is 12.8 Å². The lowest BCUT2D eigenvalue weighted by molar-refractivity contribution is 0.440. The van der Waals surface area contributed by atoms with Gasteiger partial charge >= 0.3 is 0 Å². The van der Waals surface area contributed by atoms with Crippen molar-refractivity contribution < 1.29 is 4.55 Å². The maximum absolute atomic E-state index is 12.6. The smallest absolute Gasteiger partial charge is 0.174 e. The number of aliphatic imine (C=N–C) groups is 1. The Kier molecular flexibility index (Phi) is 5.63. The molecule has 2 fully saturated rings. The molecule has 0 radical (unpaired) electrons. The van der Waals surface area contributed by atoms with Crippen LogP contribution in [0, 0.1) is 11.8 Å². The summed E-state index contributed by atoms with van der Waals surface area (Å²) in [6.07, 6.45) is 7.11. The Hall–Kier alpha value is -1.68. The Morgan fingerprint density at radius 1 is 1.41 bits per heavy atom. The van der Waals surface area contributed by atoms with Crippen molar-refractivity contribution in [1.82, 2.24) is 28.8 Å². The summed E-state index contributed by atoms with van der Waals surface area (Å²) in [7, 11) is 1.98. The standard InChI is InChI=1S/C18H27N7OS/c1-3-14-11-25(27(26)21-9-13-6-7-13)12-15(14)18-23-22-17(24(18)2)10-20-16-5-4-8-19-16/h4-5,8,10,13-15,19,21H,3,6-7,9,11-12H2,1-2H3/b20-10-. The fraction of sp³-hybridized carbons (Fsp3) is 0.611. The maximum Gasteiger partial charge on any atom is 0.174 e. The van der Waals surface area contributed by atoms with E-state index in [2.05, 4.69) is 31.8 Å². The number of rotatable bonds is 8. The van der Waals surface area contributed by atoms with Crippen LogP contribution in [-0.2, 0) is 18.6 Å². The van der Waals surface area contributed by atoms with Gasteiger partial charge in [0.25, 0.3) is 0 Å². The molecule has 0 spiro atoms. The first-order chi connectivity index (χ1) is 13.2. The number of aromatic amines is 1. The number of H-pyrrole nitrogens is 1. The van der Waals surface area contributed by atoms with Crippen molar-refractivity contribution in [3.8, 4) is 0 Å². The van der Waals surface area contributed by atoms with Gasteiger partial charge in [0.15, 0.2) is 5.82 Å². The highest BCUT2D eigenvalue weighted by molar-refractivity contribution is 7.87. The first kappa shape index (κ1) is 18.7. The Bertz CT molecular complexity index is 771. The van der Waals surface area contributed by atoms with E-state index in [0.29, 0.717) is 5.92 Å². The fourth-order valence-corrected chi connectivity index (χ4v) is 4.78. The molecule has 1 saturated carbocycles. The van der Waals surface area contributed by atoms with E-state index in [1.54, 1.807) is 6.21 Å². The highest BCUT2D eigenvalue weighted by atomic mass is 32.2. The van der Waals surface area contributed by atoms with Gasteiger partial charge in [0.1, 0.15) is 23.2 Å². The third-order valence-corrected chi connectivity index (χ3v) is 6.71. The molecule has 9 heteroatoms. The molecule has 2 aromatic rings. The van der Waals surface area contributed by atoms with Crippen LogP contribution in [0.1, 0.15) is 43.8 Å². The minimum absolute atomic E-state index is 0.229. The molecule has 3 atom stereocenters. The van der Waals surface area contributed by atoms with Crippen LogP contribution in [0.15, 0.2) is 23.3 Å². The van der Waals surface area contributed by atoms with Gasteiger partial charge in [-0.2, -0.15) is 0 Å². The minimum Gasteiger partial charge on any atom is -0.579 e. The molecule has 1 aliphatic heterocycles. The van der Waals surface area contributed by atoms with Gasteiger partial charge in [-0.3, -0.25) is 0 Å². The molecule has 4 rings (SSSR count). The zero-order chi connectivity index (χ0) is 18.8. The number of aromatic nitrogens is 4. The van der Waals surface area contributed by atoms with Gasteiger partial charge in [-0.05, 0) is 36.8 Å². The van der Waals surface area contributed by atoms with Crippen molar-refractivity contribution in [2.75, 3.05) is 19.6 Å². The van der Waals surface area contributed by atoms with Crippen LogP contribution in [0.2, 0.25) is 0 Å². The van der Waals surface area contributed by atoms with Gasteiger partial charge in [0.2, 0.25) is 0 Å². The molecule has 1 saturated heterocycles. The summed E-state index contributed by atoms with van der Waals surface area (Å²) in [6.45, 7) is 4.60. The van der Waals surface area contributed by atoms with Gasteiger partial charge in [-0.15, -0.1) is 19.2 Å². The van der Waals surface area contributed by atoms with Gasteiger partial charge in [0, 0.05) is 32.3 Å². The third kappa shape index (κ3) is 4.26. The van der Waals surface area contributed by atoms with Crippen LogP contribution in [-0.4, -0.2) is 54.5 Å². The molecule has 27 heavy (non-hydrogen) atoms. The summed E-state index contributed by atoms with van der Waals surface area (Å²) < 4.78 is 19.8.